The second-order valence-electron chi connectivity index (χ2n) is 8.92. The van der Waals surface area contributed by atoms with Gasteiger partial charge in [-0.3, -0.25) is 4.79 Å². The van der Waals surface area contributed by atoms with E-state index in [4.69, 9.17) is 4.74 Å². The molecule has 3 nitrogen and oxygen atoms in total. The molecule has 32 heavy (non-hydrogen) atoms. The van der Waals surface area contributed by atoms with E-state index in [0.717, 1.165) is 50.5 Å². The Morgan fingerprint density at radius 2 is 1.25 bits per heavy atom. The summed E-state index contributed by atoms with van der Waals surface area (Å²) in [6, 6.07) is 19.9. The Kier molecular flexibility index (Phi) is 5.65. The fourth-order valence-electron chi connectivity index (χ4n) is 5.02. The fourth-order valence-corrected chi connectivity index (χ4v) is 5.02. The summed E-state index contributed by atoms with van der Waals surface area (Å²) in [6.45, 7) is 1.93. The van der Waals surface area contributed by atoms with Gasteiger partial charge in [0.1, 0.15) is 0 Å². The van der Waals surface area contributed by atoms with E-state index in [2.05, 4.69) is 48.5 Å². The predicted octanol–water partition coefficient (Wildman–Crippen LogP) is 5.01. The molecule has 3 aromatic carbocycles. The van der Waals surface area contributed by atoms with Gasteiger partial charge in [0.05, 0.1) is 6.61 Å². The predicted molar refractivity (Wildman–Crippen MR) is 125 cm³/mol. The Balaban J connectivity index is 1.63. The number of fused-ring (bicyclic) bond motifs is 4. The molecule has 3 aromatic rings. The maximum absolute atomic E-state index is 13.0. The van der Waals surface area contributed by atoms with Crippen molar-refractivity contribution in [2.45, 2.75) is 51.9 Å². The van der Waals surface area contributed by atoms with Crippen LogP contribution >= 0.6 is 0 Å². The molecule has 0 saturated heterocycles. The first-order valence-corrected chi connectivity index (χ1v) is 11.7. The van der Waals surface area contributed by atoms with Crippen LogP contribution in [0.4, 0.5) is 0 Å². The number of ether oxygens (including phenoxy) is 1. The average molecular weight is 425 g/mol. The molecule has 0 aromatic heterocycles. The Morgan fingerprint density at radius 3 is 2.00 bits per heavy atom. The summed E-state index contributed by atoms with van der Waals surface area (Å²) >= 11 is 0. The third kappa shape index (κ3) is 4.12. The molecular formula is C29H28O3. The molecule has 3 aliphatic rings. The number of hydrogen-bond donors (Lipinski definition) is 0. The van der Waals surface area contributed by atoms with Crippen molar-refractivity contribution in [3.63, 3.8) is 0 Å². The lowest BCUT2D eigenvalue weighted by molar-refractivity contribution is -0.137. The summed E-state index contributed by atoms with van der Waals surface area (Å²) < 4.78 is 5.04. The molecule has 0 fully saturated rings. The minimum absolute atomic E-state index is 0.203. The second-order valence-corrected chi connectivity index (χ2v) is 8.92. The van der Waals surface area contributed by atoms with E-state index in [1.54, 1.807) is 6.92 Å². The van der Waals surface area contributed by atoms with Gasteiger partial charge in [-0.1, -0.05) is 48.5 Å². The minimum Gasteiger partial charge on any atom is -0.460 e. The van der Waals surface area contributed by atoms with Gasteiger partial charge in [-0.05, 0) is 102 Å². The van der Waals surface area contributed by atoms with Crippen LogP contribution in [-0.2, 0) is 54.5 Å². The number of rotatable bonds is 3. The zero-order valence-corrected chi connectivity index (χ0v) is 18.6. The summed E-state index contributed by atoms with van der Waals surface area (Å²) in [5.74, 6) is -1.28. The SMILES string of the molecule is CCOC(=O)C(=O)c1cc2c3cc1CCc1ccc(cc1)CCc1ccc(c(c1)C3)CC2. The number of benzene rings is 3. The molecule has 0 unspecified atom stereocenters. The first-order valence-electron chi connectivity index (χ1n) is 11.7. The largest absolute Gasteiger partial charge is 0.460 e. The highest BCUT2D eigenvalue weighted by Crippen LogP contribution is 2.29. The summed E-state index contributed by atoms with van der Waals surface area (Å²) in [7, 11) is 0. The summed E-state index contributed by atoms with van der Waals surface area (Å²) in [6.07, 6.45) is 6.35. The lowest BCUT2D eigenvalue weighted by Crippen LogP contribution is -2.20. The lowest BCUT2D eigenvalue weighted by Gasteiger charge is -2.15. The van der Waals surface area contributed by atoms with E-state index in [0.29, 0.717) is 5.56 Å². The van der Waals surface area contributed by atoms with E-state index in [1.807, 2.05) is 6.07 Å². The van der Waals surface area contributed by atoms with Crippen molar-refractivity contribution in [1.82, 2.24) is 0 Å². The van der Waals surface area contributed by atoms with Crippen LogP contribution in [0.5, 0.6) is 0 Å². The number of Topliss-reactive ketones (excluding diaryl/α,β-unsaturated/α-hetero) is 1. The molecule has 3 heteroatoms. The summed E-state index contributed by atoms with van der Waals surface area (Å²) in [5, 5.41) is 0. The highest BCUT2D eigenvalue weighted by Gasteiger charge is 2.24. The van der Waals surface area contributed by atoms with Crippen molar-refractivity contribution in [3.05, 3.63) is 105 Å². The molecule has 6 bridgehead atoms. The molecule has 0 amide bonds. The second kappa shape index (κ2) is 8.74. The molecule has 0 atom stereocenters. The highest BCUT2D eigenvalue weighted by atomic mass is 16.5. The molecule has 0 aliphatic heterocycles. The maximum atomic E-state index is 13.0. The van der Waals surface area contributed by atoms with Crippen LogP contribution in [0.3, 0.4) is 0 Å². The van der Waals surface area contributed by atoms with Gasteiger partial charge in [0.25, 0.3) is 5.78 Å². The number of ketones is 1. The fraction of sp³-hybridized carbons (Fsp3) is 0.310. The van der Waals surface area contributed by atoms with Gasteiger partial charge in [0.15, 0.2) is 0 Å². The Hall–Kier alpha value is -3.20. The Bertz CT molecular complexity index is 1190. The normalized spacial score (nSPS) is 14.5. The number of carbonyl (C=O) groups is 2. The third-order valence-electron chi connectivity index (χ3n) is 6.85. The topological polar surface area (TPSA) is 43.4 Å². The van der Waals surface area contributed by atoms with Gasteiger partial charge in [-0.15, -0.1) is 0 Å². The highest BCUT2D eigenvalue weighted by molar-refractivity contribution is 6.41. The maximum Gasteiger partial charge on any atom is 0.379 e. The van der Waals surface area contributed by atoms with Crippen LogP contribution in [0, 0.1) is 0 Å². The molecule has 0 N–H and O–H groups in total. The third-order valence-corrected chi connectivity index (χ3v) is 6.85. The van der Waals surface area contributed by atoms with Gasteiger partial charge in [0, 0.05) is 5.56 Å². The van der Waals surface area contributed by atoms with Crippen molar-refractivity contribution in [2.24, 2.45) is 0 Å². The van der Waals surface area contributed by atoms with E-state index in [9.17, 15) is 9.59 Å². The Labute approximate surface area is 189 Å². The first kappa shape index (κ1) is 20.7. The summed E-state index contributed by atoms with van der Waals surface area (Å²) in [4.78, 5) is 25.3. The lowest BCUT2D eigenvalue weighted by atomic mass is 9.90. The molecule has 162 valence electrons. The number of aryl methyl sites for hydroxylation is 6. The van der Waals surface area contributed by atoms with E-state index < -0.39 is 11.8 Å². The van der Waals surface area contributed by atoms with Crippen LogP contribution in [0.25, 0.3) is 0 Å². The van der Waals surface area contributed by atoms with E-state index in [-0.39, 0.29) is 6.61 Å². The minimum atomic E-state index is -0.759. The van der Waals surface area contributed by atoms with E-state index >= 15 is 0 Å². The first-order chi connectivity index (χ1) is 15.6. The van der Waals surface area contributed by atoms with Gasteiger partial charge >= 0.3 is 5.97 Å². The van der Waals surface area contributed by atoms with Crippen LogP contribution in [0.1, 0.15) is 61.8 Å². The van der Waals surface area contributed by atoms with Crippen molar-refractivity contribution in [2.75, 3.05) is 6.61 Å². The van der Waals surface area contributed by atoms with Crippen LogP contribution in [-0.4, -0.2) is 18.4 Å². The summed E-state index contributed by atoms with van der Waals surface area (Å²) in [5.41, 5.74) is 10.7. The molecule has 0 heterocycles. The number of carbonyl (C=O) groups excluding carboxylic acids is 2. The number of esters is 1. The monoisotopic (exact) mass is 424 g/mol. The molecule has 0 saturated carbocycles. The standard InChI is InChI=1S/C29H28O3/c1-2-32-29(31)28(30)27-18-23-14-13-22-11-10-21-8-7-19-3-5-20(6-4-19)9-12-24(27)16-26(23)17-25(22)15-21/h3-6,10-11,15-16,18H,2,7-9,12-14,17H2,1H3. The quantitative estimate of drug-likeness (QED) is 0.337. The van der Waals surface area contributed by atoms with Crippen molar-refractivity contribution < 1.29 is 14.3 Å². The van der Waals surface area contributed by atoms with Crippen molar-refractivity contribution in [1.29, 1.82) is 0 Å². The molecular weight excluding hydrogens is 396 g/mol. The van der Waals surface area contributed by atoms with Crippen LogP contribution in [0.15, 0.2) is 54.6 Å². The molecule has 0 spiro atoms. The van der Waals surface area contributed by atoms with Crippen molar-refractivity contribution in [3.8, 4) is 0 Å². The molecule has 6 rings (SSSR count). The molecule has 0 radical (unpaired) electrons. The van der Waals surface area contributed by atoms with Gasteiger partial charge in [0.2, 0.25) is 0 Å². The van der Waals surface area contributed by atoms with Gasteiger partial charge < -0.3 is 4.74 Å². The van der Waals surface area contributed by atoms with Crippen LogP contribution in [0.2, 0.25) is 0 Å². The Morgan fingerprint density at radius 1 is 0.656 bits per heavy atom. The molecule has 3 aliphatic carbocycles. The zero-order chi connectivity index (χ0) is 22.1. The smallest absolute Gasteiger partial charge is 0.379 e. The van der Waals surface area contributed by atoms with Crippen LogP contribution < -0.4 is 0 Å². The van der Waals surface area contributed by atoms with Gasteiger partial charge in [-0.25, -0.2) is 4.79 Å². The zero-order valence-electron chi connectivity index (χ0n) is 18.6. The number of hydrogen-bond acceptors (Lipinski definition) is 3. The van der Waals surface area contributed by atoms with E-state index in [1.165, 1.54) is 38.9 Å². The van der Waals surface area contributed by atoms with Crippen molar-refractivity contribution >= 4 is 11.8 Å². The van der Waals surface area contributed by atoms with Gasteiger partial charge in [-0.2, -0.15) is 0 Å². The average Bonchev–Trinajstić information content (AvgIpc) is 2.99.